The number of hydrogen-bond donors (Lipinski definition) is 2. The zero-order chi connectivity index (χ0) is 14.2. The van der Waals surface area contributed by atoms with Gasteiger partial charge in [0.15, 0.2) is 0 Å². The monoisotopic (exact) mass is 273 g/mol. The number of rotatable bonds is 7. The molecule has 1 amide bonds. The van der Waals surface area contributed by atoms with Crippen LogP contribution in [0.2, 0.25) is 0 Å². The Morgan fingerprint density at radius 3 is 3.00 bits per heavy atom. The molecule has 0 aromatic carbocycles. The van der Waals surface area contributed by atoms with Crippen molar-refractivity contribution in [3.63, 3.8) is 0 Å². The molecule has 0 spiro atoms. The maximum atomic E-state index is 12.1. The van der Waals surface area contributed by atoms with Crippen molar-refractivity contribution in [2.24, 2.45) is 0 Å². The van der Waals surface area contributed by atoms with Gasteiger partial charge in [0.25, 0.3) is 5.91 Å². The fraction of sp³-hybridized carbons (Fsp3) is 0.333. The second-order valence-corrected chi connectivity index (χ2v) is 4.43. The van der Waals surface area contributed by atoms with Crippen molar-refractivity contribution >= 4 is 11.6 Å². The molecule has 0 bridgehead atoms. The number of nitrogens with zero attached hydrogens (tertiary/aromatic N) is 1. The lowest BCUT2D eigenvalue weighted by molar-refractivity contribution is 0.0954. The normalized spacial score (nSPS) is 10.2. The molecule has 2 aromatic rings. The van der Waals surface area contributed by atoms with Gasteiger partial charge in [-0.3, -0.25) is 9.78 Å². The Labute approximate surface area is 118 Å². The molecule has 2 N–H and O–H groups in total. The second-order valence-electron chi connectivity index (χ2n) is 4.43. The molecule has 5 heteroatoms. The smallest absolute Gasteiger partial charge is 0.253 e. The first-order valence-electron chi connectivity index (χ1n) is 6.79. The van der Waals surface area contributed by atoms with E-state index < -0.39 is 0 Å². The molecular formula is C15H19N3O2. The predicted octanol–water partition coefficient (Wildman–Crippen LogP) is 2.47. The first kappa shape index (κ1) is 14.1. The molecule has 106 valence electrons. The minimum atomic E-state index is -0.0995. The summed E-state index contributed by atoms with van der Waals surface area (Å²) in [7, 11) is 0. The number of nitrogens with one attached hydrogen (secondary N) is 2. The molecule has 0 radical (unpaired) electrons. The third kappa shape index (κ3) is 3.85. The molecule has 5 nitrogen and oxygen atoms in total. The van der Waals surface area contributed by atoms with E-state index in [9.17, 15) is 4.79 Å². The summed E-state index contributed by atoms with van der Waals surface area (Å²) < 4.78 is 5.22. The zero-order valence-electron chi connectivity index (χ0n) is 11.6. The van der Waals surface area contributed by atoms with Gasteiger partial charge in [-0.15, -0.1) is 0 Å². The molecule has 0 atom stereocenters. The zero-order valence-corrected chi connectivity index (χ0v) is 11.6. The van der Waals surface area contributed by atoms with Crippen molar-refractivity contribution in [1.82, 2.24) is 10.3 Å². The molecule has 2 aromatic heterocycles. The highest BCUT2D eigenvalue weighted by atomic mass is 16.3. The van der Waals surface area contributed by atoms with E-state index in [1.54, 1.807) is 24.7 Å². The second kappa shape index (κ2) is 7.33. The highest BCUT2D eigenvalue weighted by molar-refractivity contribution is 5.99. The Morgan fingerprint density at radius 1 is 1.35 bits per heavy atom. The molecule has 2 heterocycles. The summed E-state index contributed by atoms with van der Waals surface area (Å²) in [6.45, 7) is 3.44. The summed E-state index contributed by atoms with van der Waals surface area (Å²) in [6, 6.07) is 5.46. The van der Waals surface area contributed by atoms with Crippen LogP contribution in [0.1, 0.15) is 29.5 Å². The van der Waals surface area contributed by atoms with Gasteiger partial charge in [-0.2, -0.15) is 0 Å². The van der Waals surface area contributed by atoms with E-state index in [4.69, 9.17) is 4.42 Å². The van der Waals surface area contributed by atoms with Crippen molar-refractivity contribution in [1.29, 1.82) is 0 Å². The number of hydrogen-bond acceptors (Lipinski definition) is 4. The van der Waals surface area contributed by atoms with Crippen LogP contribution in [0.4, 0.5) is 5.69 Å². The van der Waals surface area contributed by atoms with Gasteiger partial charge in [-0.1, -0.05) is 6.92 Å². The topological polar surface area (TPSA) is 67.2 Å². The van der Waals surface area contributed by atoms with Gasteiger partial charge in [0.1, 0.15) is 5.76 Å². The molecule has 0 aliphatic carbocycles. The minimum Gasteiger partial charge on any atom is -0.469 e. The summed E-state index contributed by atoms with van der Waals surface area (Å²) in [6.07, 6.45) is 6.61. The van der Waals surface area contributed by atoms with Crippen LogP contribution in [0.15, 0.2) is 41.3 Å². The quantitative estimate of drug-likeness (QED) is 0.813. The third-order valence-corrected chi connectivity index (χ3v) is 2.87. The molecule has 2 rings (SSSR count). The highest BCUT2D eigenvalue weighted by Gasteiger charge is 2.10. The predicted molar refractivity (Wildman–Crippen MR) is 77.8 cm³/mol. The first-order chi connectivity index (χ1) is 9.81. The van der Waals surface area contributed by atoms with Crippen LogP contribution in [0, 0.1) is 0 Å². The number of pyridine rings is 1. The average molecular weight is 273 g/mol. The number of aromatic nitrogens is 1. The molecule has 0 saturated carbocycles. The molecular weight excluding hydrogens is 254 g/mol. The molecule has 0 saturated heterocycles. The number of amides is 1. The fourth-order valence-electron chi connectivity index (χ4n) is 1.84. The lowest BCUT2D eigenvalue weighted by Crippen LogP contribution is -2.26. The average Bonchev–Trinajstić information content (AvgIpc) is 2.98. The summed E-state index contributed by atoms with van der Waals surface area (Å²) in [4.78, 5) is 16.2. The van der Waals surface area contributed by atoms with Crippen LogP contribution in [0.3, 0.4) is 0 Å². The molecule has 0 fully saturated rings. The Hall–Kier alpha value is -2.30. The molecule has 20 heavy (non-hydrogen) atoms. The van der Waals surface area contributed by atoms with Gasteiger partial charge in [-0.05, 0) is 24.6 Å². The Balaban J connectivity index is 1.91. The van der Waals surface area contributed by atoms with Crippen LogP contribution in [0.5, 0.6) is 0 Å². The van der Waals surface area contributed by atoms with Gasteiger partial charge in [0.2, 0.25) is 0 Å². The number of anilines is 1. The van der Waals surface area contributed by atoms with E-state index in [1.807, 2.05) is 12.1 Å². The van der Waals surface area contributed by atoms with Crippen molar-refractivity contribution < 1.29 is 9.21 Å². The molecule has 0 unspecified atom stereocenters. The standard InChI is InChI=1S/C15H19N3O2/c1-2-7-17-14-11-16-8-6-13(14)15(19)18-9-5-12-4-3-10-20-12/h3-4,6,8,10-11,17H,2,5,7,9H2,1H3,(H,18,19). The number of carbonyl (C=O) groups excluding carboxylic acids is 1. The Morgan fingerprint density at radius 2 is 2.25 bits per heavy atom. The van der Waals surface area contributed by atoms with Crippen molar-refractivity contribution in [3.8, 4) is 0 Å². The van der Waals surface area contributed by atoms with E-state index in [1.165, 1.54) is 0 Å². The van der Waals surface area contributed by atoms with Gasteiger partial charge in [0, 0.05) is 25.7 Å². The van der Waals surface area contributed by atoms with E-state index in [0.29, 0.717) is 18.5 Å². The number of furan rings is 1. The van der Waals surface area contributed by atoms with Crippen molar-refractivity contribution in [2.45, 2.75) is 19.8 Å². The van der Waals surface area contributed by atoms with Crippen LogP contribution >= 0.6 is 0 Å². The summed E-state index contributed by atoms with van der Waals surface area (Å²) in [5.41, 5.74) is 1.39. The lowest BCUT2D eigenvalue weighted by Gasteiger charge is -2.10. The van der Waals surface area contributed by atoms with Crippen molar-refractivity contribution in [3.05, 3.63) is 48.2 Å². The van der Waals surface area contributed by atoms with E-state index in [-0.39, 0.29) is 5.91 Å². The summed E-state index contributed by atoms with van der Waals surface area (Å²) >= 11 is 0. The maximum Gasteiger partial charge on any atom is 0.253 e. The third-order valence-electron chi connectivity index (χ3n) is 2.87. The SMILES string of the molecule is CCCNc1cnccc1C(=O)NCCc1ccco1. The van der Waals surface area contributed by atoms with Crippen molar-refractivity contribution in [2.75, 3.05) is 18.4 Å². The van der Waals surface area contributed by atoms with E-state index in [0.717, 1.165) is 24.4 Å². The van der Waals surface area contributed by atoms with Crippen LogP contribution < -0.4 is 10.6 Å². The molecule has 0 aliphatic rings. The maximum absolute atomic E-state index is 12.1. The van der Waals surface area contributed by atoms with Crippen LogP contribution in [0.25, 0.3) is 0 Å². The highest BCUT2D eigenvalue weighted by Crippen LogP contribution is 2.13. The van der Waals surface area contributed by atoms with E-state index in [2.05, 4.69) is 22.5 Å². The van der Waals surface area contributed by atoms with Crippen LogP contribution in [-0.4, -0.2) is 24.0 Å². The molecule has 0 aliphatic heterocycles. The largest absolute Gasteiger partial charge is 0.469 e. The van der Waals surface area contributed by atoms with Gasteiger partial charge < -0.3 is 15.1 Å². The summed E-state index contributed by atoms with van der Waals surface area (Å²) in [5.74, 6) is 0.766. The first-order valence-corrected chi connectivity index (χ1v) is 6.79. The minimum absolute atomic E-state index is 0.0995. The Kier molecular flexibility index (Phi) is 5.17. The van der Waals surface area contributed by atoms with Gasteiger partial charge in [-0.25, -0.2) is 0 Å². The van der Waals surface area contributed by atoms with E-state index >= 15 is 0 Å². The van der Waals surface area contributed by atoms with Gasteiger partial charge >= 0.3 is 0 Å². The number of carbonyl (C=O) groups is 1. The van der Waals surface area contributed by atoms with Gasteiger partial charge in [0.05, 0.1) is 23.7 Å². The Bertz CT molecular complexity index is 538. The summed E-state index contributed by atoms with van der Waals surface area (Å²) in [5, 5.41) is 6.09. The fourth-order valence-corrected chi connectivity index (χ4v) is 1.84. The lowest BCUT2D eigenvalue weighted by atomic mass is 10.2. The van der Waals surface area contributed by atoms with Crippen LogP contribution in [-0.2, 0) is 6.42 Å².